The van der Waals surface area contributed by atoms with Crippen LogP contribution in [0.15, 0.2) is 24.3 Å². The number of esters is 2. The molecule has 0 bridgehead atoms. The van der Waals surface area contributed by atoms with Gasteiger partial charge in [-0.2, -0.15) is 0 Å². The predicted octanol–water partition coefficient (Wildman–Crippen LogP) is 2.35. The molecule has 0 radical (unpaired) electrons. The zero-order chi connectivity index (χ0) is 15.9. The molecule has 0 spiro atoms. The number of hydrogen-bond acceptors (Lipinski definition) is 5. The van der Waals surface area contributed by atoms with Crippen LogP contribution in [0.25, 0.3) is 0 Å². The van der Waals surface area contributed by atoms with Gasteiger partial charge in [0.15, 0.2) is 0 Å². The summed E-state index contributed by atoms with van der Waals surface area (Å²) in [5, 5.41) is 10.4. The van der Waals surface area contributed by atoms with Crippen LogP contribution >= 0.6 is 0 Å². The quantitative estimate of drug-likeness (QED) is 0.421. The number of ether oxygens (including phenoxy) is 2. The number of aliphatic hydroxyl groups is 1. The number of rotatable bonds is 8. The van der Waals surface area contributed by atoms with E-state index in [2.05, 4.69) is 13.2 Å². The van der Waals surface area contributed by atoms with Crippen molar-refractivity contribution in [1.82, 2.24) is 0 Å². The van der Waals surface area contributed by atoms with Crippen LogP contribution in [0.1, 0.15) is 40.5 Å². The summed E-state index contributed by atoms with van der Waals surface area (Å²) in [4.78, 5) is 22.8. The molecule has 1 N–H and O–H groups in total. The summed E-state index contributed by atoms with van der Waals surface area (Å²) in [5.74, 6) is -2.77. The highest BCUT2D eigenvalue weighted by molar-refractivity contribution is 5.87. The Bertz CT molecular complexity index is 397. The molecule has 20 heavy (non-hydrogen) atoms. The van der Waals surface area contributed by atoms with Gasteiger partial charge in [0.25, 0.3) is 0 Å². The van der Waals surface area contributed by atoms with Crippen molar-refractivity contribution in [3.8, 4) is 0 Å². The molecule has 0 aromatic carbocycles. The molecule has 0 fully saturated rings. The summed E-state index contributed by atoms with van der Waals surface area (Å²) in [5.41, 5.74) is 0.474. The van der Waals surface area contributed by atoms with Gasteiger partial charge in [0.1, 0.15) is 0 Å². The smallest absolute Gasteiger partial charge is 0.335 e. The van der Waals surface area contributed by atoms with E-state index >= 15 is 0 Å². The first-order chi connectivity index (χ1) is 9.07. The van der Waals surface area contributed by atoms with Gasteiger partial charge >= 0.3 is 11.9 Å². The summed E-state index contributed by atoms with van der Waals surface area (Å²) in [6.45, 7) is 13.7. The van der Waals surface area contributed by atoms with Crippen molar-refractivity contribution in [2.24, 2.45) is 5.92 Å². The lowest BCUT2D eigenvalue weighted by Gasteiger charge is -2.29. The standard InChI is InChI=1S/C15H24O5/c1-10(2)9-15(18,20-14(17)12(5)6)7-8-19-13(16)11(3)4/h10,18H,3,5,7-9H2,1-2,4,6H3. The first-order valence-corrected chi connectivity index (χ1v) is 6.51. The molecule has 114 valence electrons. The number of carbonyl (C=O) groups excluding carboxylic acids is 2. The van der Waals surface area contributed by atoms with Crippen LogP contribution in [0.4, 0.5) is 0 Å². The Morgan fingerprint density at radius 2 is 1.65 bits per heavy atom. The zero-order valence-corrected chi connectivity index (χ0v) is 12.7. The Morgan fingerprint density at radius 3 is 2.05 bits per heavy atom. The third-order valence-corrected chi connectivity index (χ3v) is 2.43. The van der Waals surface area contributed by atoms with Crippen LogP contribution in [0.5, 0.6) is 0 Å². The van der Waals surface area contributed by atoms with E-state index in [4.69, 9.17) is 9.47 Å². The molecule has 0 heterocycles. The van der Waals surface area contributed by atoms with E-state index in [9.17, 15) is 14.7 Å². The molecule has 0 rings (SSSR count). The van der Waals surface area contributed by atoms with Gasteiger partial charge in [-0.3, -0.25) is 0 Å². The Kier molecular flexibility index (Phi) is 7.21. The van der Waals surface area contributed by atoms with Crippen LogP contribution in [0.3, 0.4) is 0 Å². The maximum Gasteiger partial charge on any atom is 0.335 e. The Hall–Kier alpha value is -1.62. The zero-order valence-electron chi connectivity index (χ0n) is 12.7. The van der Waals surface area contributed by atoms with E-state index in [1.54, 1.807) is 0 Å². The van der Waals surface area contributed by atoms with Crippen LogP contribution in [-0.2, 0) is 19.1 Å². The average molecular weight is 284 g/mol. The summed E-state index contributed by atoms with van der Waals surface area (Å²) in [6, 6.07) is 0. The molecule has 5 nitrogen and oxygen atoms in total. The minimum Gasteiger partial charge on any atom is -0.462 e. The van der Waals surface area contributed by atoms with E-state index in [1.807, 2.05) is 13.8 Å². The minimum absolute atomic E-state index is 0.00319. The molecule has 0 aliphatic rings. The van der Waals surface area contributed by atoms with Crippen molar-refractivity contribution in [2.45, 2.75) is 46.3 Å². The Balaban J connectivity index is 4.62. The molecule has 0 saturated heterocycles. The predicted molar refractivity (Wildman–Crippen MR) is 75.7 cm³/mol. The topological polar surface area (TPSA) is 72.8 Å². The lowest BCUT2D eigenvalue weighted by atomic mass is 10.00. The summed E-state index contributed by atoms with van der Waals surface area (Å²) in [6.07, 6.45) is 0.250. The van der Waals surface area contributed by atoms with Gasteiger partial charge in [-0.1, -0.05) is 27.0 Å². The number of carbonyl (C=O) groups is 2. The monoisotopic (exact) mass is 284 g/mol. The maximum absolute atomic E-state index is 11.5. The molecule has 5 heteroatoms. The van der Waals surface area contributed by atoms with E-state index in [-0.39, 0.29) is 36.5 Å². The molecule has 0 saturated carbocycles. The minimum atomic E-state index is -1.67. The third-order valence-electron chi connectivity index (χ3n) is 2.43. The molecular formula is C15H24O5. The molecule has 1 atom stereocenters. The van der Waals surface area contributed by atoms with Crippen molar-refractivity contribution in [3.05, 3.63) is 24.3 Å². The normalized spacial score (nSPS) is 13.5. The van der Waals surface area contributed by atoms with E-state index in [0.717, 1.165) is 0 Å². The maximum atomic E-state index is 11.5. The van der Waals surface area contributed by atoms with Gasteiger partial charge in [0.05, 0.1) is 6.61 Å². The molecule has 0 aromatic rings. The highest BCUT2D eigenvalue weighted by atomic mass is 16.7. The fourth-order valence-electron chi connectivity index (χ4n) is 1.52. The molecule has 0 aromatic heterocycles. The van der Waals surface area contributed by atoms with E-state index < -0.39 is 17.7 Å². The van der Waals surface area contributed by atoms with Gasteiger partial charge < -0.3 is 14.6 Å². The third kappa shape index (κ3) is 7.09. The SMILES string of the molecule is C=C(C)C(=O)OCCC(O)(CC(C)C)OC(=O)C(=C)C. The molecular weight excluding hydrogens is 260 g/mol. The highest BCUT2D eigenvalue weighted by Crippen LogP contribution is 2.23. The summed E-state index contributed by atoms with van der Waals surface area (Å²) < 4.78 is 9.97. The van der Waals surface area contributed by atoms with Gasteiger partial charge in [0, 0.05) is 24.0 Å². The second kappa shape index (κ2) is 7.85. The van der Waals surface area contributed by atoms with Gasteiger partial charge in [-0.25, -0.2) is 9.59 Å². The van der Waals surface area contributed by atoms with Crippen LogP contribution in [0, 0.1) is 5.92 Å². The first kappa shape index (κ1) is 18.4. The highest BCUT2D eigenvalue weighted by Gasteiger charge is 2.33. The lowest BCUT2D eigenvalue weighted by molar-refractivity contribution is -0.217. The summed E-state index contributed by atoms with van der Waals surface area (Å²) >= 11 is 0. The molecule has 0 amide bonds. The largest absolute Gasteiger partial charge is 0.462 e. The van der Waals surface area contributed by atoms with Crippen LogP contribution in [0.2, 0.25) is 0 Å². The van der Waals surface area contributed by atoms with Gasteiger partial charge in [0.2, 0.25) is 5.79 Å². The fraction of sp³-hybridized carbons (Fsp3) is 0.600. The fourth-order valence-corrected chi connectivity index (χ4v) is 1.52. The van der Waals surface area contributed by atoms with Gasteiger partial charge in [-0.05, 0) is 19.8 Å². The molecule has 0 aliphatic heterocycles. The van der Waals surface area contributed by atoms with Crippen molar-refractivity contribution in [1.29, 1.82) is 0 Å². The van der Waals surface area contributed by atoms with Crippen molar-refractivity contribution in [2.75, 3.05) is 6.61 Å². The first-order valence-electron chi connectivity index (χ1n) is 6.51. The second-order valence-corrected chi connectivity index (χ2v) is 5.38. The Morgan fingerprint density at radius 1 is 1.15 bits per heavy atom. The second-order valence-electron chi connectivity index (χ2n) is 5.38. The van der Waals surface area contributed by atoms with Crippen LogP contribution in [-0.4, -0.2) is 29.4 Å². The number of hydrogen-bond donors (Lipinski definition) is 1. The Labute approximate surface area is 120 Å². The van der Waals surface area contributed by atoms with Crippen molar-refractivity contribution in [3.63, 3.8) is 0 Å². The van der Waals surface area contributed by atoms with Crippen molar-refractivity contribution < 1.29 is 24.2 Å². The average Bonchev–Trinajstić information content (AvgIpc) is 2.26. The summed E-state index contributed by atoms with van der Waals surface area (Å²) in [7, 11) is 0. The molecule has 0 aliphatic carbocycles. The molecule has 1 unspecified atom stereocenters. The lowest BCUT2D eigenvalue weighted by Crippen LogP contribution is -2.38. The van der Waals surface area contributed by atoms with E-state index in [1.165, 1.54) is 13.8 Å². The van der Waals surface area contributed by atoms with Crippen molar-refractivity contribution >= 4 is 11.9 Å². The van der Waals surface area contributed by atoms with E-state index in [0.29, 0.717) is 0 Å². The van der Waals surface area contributed by atoms with Crippen LogP contribution < -0.4 is 0 Å². The van der Waals surface area contributed by atoms with Gasteiger partial charge in [-0.15, -0.1) is 0 Å².